The summed E-state index contributed by atoms with van der Waals surface area (Å²) in [5.74, 6) is 0.372. The van der Waals surface area contributed by atoms with Gasteiger partial charge in [-0.3, -0.25) is 0 Å². The molecule has 1 heteroatoms. The first kappa shape index (κ1) is 20.0. The fourth-order valence-corrected chi connectivity index (χ4v) is 3.87. The third-order valence-electron chi connectivity index (χ3n) is 5.85. The predicted octanol–water partition coefficient (Wildman–Crippen LogP) is 8.18. The Hall–Kier alpha value is -3.32. The first-order chi connectivity index (χ1) is 14.7. The molecule has 0 radical (unpaired) electrons. The van der Waals surface area contributed by atoms with Crippen molar-refractivity contribution in [3.05, 3.63) is 125 Å². The largest absolute Gasteiger partial charge is 0.311 e. The van der Waals surface area contributed by atoms with Crippen molar-refractivity contribution in [2.45, 2.75) is 33.1 Å². The summed E-state index contributed by atoms with van der Waals surface area (Å²) in [6.07, 6.45) is 1.05. The molecule has 1 unspecified atom stereocenters. The van der Waals surface area contributed by atoms with Crippen molar-refractivity contribution in [2.75, 3.05) is 4.90 Å². The summed E-state index contributed by atoms with van der Waals surface area (Å²) in [6, 6.07) is 37.3. The van der Waals surface area contributed by atoms with E-state index in [2.05, 4.69) is 129 Å². The highest BCUT2D eigenvalue weighted by Gasteiger charge is 2.14. The molecule has 150 valence electrons. The minimum atomic E-state index is 0.372. The molecule has 0 heterocycles. The summed E-state index contributed by atoms with van der Waals surface area (Å²) in [7, 11) is 0. The lowest BCUT2D eigenvalue weighted by molar-refractivity contribution is 0.922. The van der Waals surface area contributed by atoms with Crippen molar-refractivity contribution >= 4 is 17.1 Å². The van der Waals surface area contributed by atoms with Gasteiger partial charge in [-0.15, -0.1) is 0 Å². The van der Waals surface area contributed by atoms with Crippen molar-refractivity contribution in [3.8, 4) is 0 Å². The molecule has 1 atom stereocenters. The summed E-state index contributed by atoms with van der Waals surface area (Å²) >= 11 is 0. The Balaban J connectivity index is 1.70. The second kappa shape index (κ2) is 9.00. The van der Waals surface area contributed by atoms with Crippen LogP contribution in [0.25, 0.3) is 0 Å². The Labute approximate surface area is 180 Å². The molecule has 0 saturated carbocycles. The fraction of sp³-hybridized carbons (Fsp3) is 0.172. The maximum atomic E-state index is 2.33. The number of aryl methyl sites for hydroxylation is 2. The monoisotopic (exact) mass is 391 g/mol. The third-order valence-corrected chi connectivity index (χ3v) is 5.85. The third kappa shape index (κ3) is 4.31. The van der Waals surface area contributed by atoms with Crippen LogP contribution in [-0.2, 0) is 6.42 Å². The van der Waals surface area contributed by atoms with Crippen LogP contribution in [-0.4, -0.2) is 0 Å². The number of anilines is 3. The van der Waals surface area contributed by atoms with Gasteiger partial charge in [-0.25, -0.2) is 0 Å². The highest BCUT2D eigenvalue weighted by molar-refractivity contribution is 5.76. The van der Waals surface area contributed by atoms with Crippen LogP contribution in [0.1, 0.15) is 42.0 Å². The van der Waals surface area contributed by atoms with Gasteiger partial charge in [0.25, 0.3) is 0 Å². The molecule has 1 nitrogen and oxygen atoms in total. The number of nitrogens with zero attached hydrogens (tertiary/aromatic N) is 1. The zero-order valence-corrected chi connectivity index (χ0v) is 18.0. The highest BCUT2D eigenvalue weighted by Crippen LogP contribution is 2.36. The maximum absolute atomic E-state index is 2.33. The zero-order valence-electron chi connectivity index (χ0n) is 18.0. The van der Waals surface area contributed by atoms with Gasteiger partial charge in [0, 0.05) is 23.0 Å². The molecule has 0 bridgehead atoms. The van der Waals surface area contributed by atoms with Crippen LogP contribution in [0.15, 0.2) is 103 Å². The molecule has 0 aliphatic carbocycles. The number of hydrogen-bond donors (Lipinski definition) is 0. The Morgan fingerprint density at radius 1 is 0.600 bits per heavy atom. The van der Waals surface area contributed by atoms with Crippen LogP contribution in [0.5, 0.6) is 0 Å². The normalized spacial score (nSPS) is 11.8. The summed E-state index contributed by atoms with van der Waals surface area (Å²) in [5, 5.41) is 0. The van der Waals surface area contributed by atoms with E-state index < -0.39 is 0 Å². The Morgan fingerprint density at radius 3 is 1.60 bits per heavy atom. The smallest absolute Gasteiger partial charge is 0.0461 e. The lowest BCUT2D eigenvalue weighted by Crippen LogP contribution is -2.10. The quantitative estimate of drug-likeness (QED) is 0.320. The van der Waals surface area contributed by atoms with E-state index in [0.717, 1.165) is 6.42 Å². The SMILES string of the molecule is CCc1ccc(N(c2ccc(C)cc2)c2ccc(C(C)c3ccccc3)cc2)cc1. The van der Waals surface area contributed by atoms with E-state index in [1.807, 2.05) is 0 Å². The van der Waals surface area contributed by atoms with Crippen molar-refractivity contribution in [1.29, 1.82) is 0 Å². The predicted molar refractivity (Wildman–Crippen MR) is 129 cm³/mol. The standard InChI is InChI=1S/C29H29N/c1-4-24-12-18-28(19-13-24)30(27-16-10-22(2)11-17-27)29-20-14-26(15-21-29)23(3)25-8-6-5-7-9-25/h5-21,23H,4H2,1-3H3. The lowest BCUT2D eigenvalue weighted by atomic mass is 9.93. The average Bonchev–Trinajstić information content (AvgIpc) is 2.81. The number of hydrogen-bond acceptors (Lipinski definition) is 1. The first-order valence-corrected chi connectivity index (χ1v) is 10.8. The molecule has 0 saturated heterocycles. The second-order valence-corrected chi connectivity index (χ2v) is 7.91. The molecular weight excluding hydrogens is 362 g/mol. The Morgan fingerprint density at radius 2 is 1.07 bits per heavy atom. The topological polar surface area (TPSA) is 3.24 Å². The van der Waals surface area contributed by atoms with Gasteiger partial charge in [0.05, 0.1) is 0 Å². The van der Waals surface area contributed by atoms with Crippen LogP contribution in [0.2, 0.25) is 0 Å². The van der Waals surface area contributed by atoms with Crippen molar-refractivity contribution in [1.82, 2.24) is 0 Å². The van der Waals surface area contributed by atoms with E-state index in [0.29, 0.717) is 5.92 Å². The van der Waals surface area contributed by atoms with E-state index in [4.69, 9.17) is 0 Å². The summed E-state index contributed by atoms with van der Waals surface area (Å²) < 4.78 is 0. The molecule has 0 spiro atoms. The van der Waals surface area contributed by atoms with E-state index in [-0.39, 0.29) is 0 Å². The van der Waals surface area contributed by atoms with Gasteiger partial charge < -0.3 is 4.90 Å². The molecule has 0 aromatic heterocycles. The number of benzene rings is 4. The highest BCUT2D eigenvalue weighted by atomic mass is 15.1. The Kier molecular flexibility index (Phi) is 5.99. The van der Waals surface area contributed by atoms with Crippen molar-refractivity contribution in [3.63, 3.8) is 0 Å². The van der Waals surface area contributed by atoms with E-state index in [1.165, 1.54) is 39.3 Å². The van der Waals surface area contributed by atoms with Crippen LogP contribution in [0, 0.1) is 6.92 Å². The van der Waals surface area contributed by atoms with Crippen molar-refractivity contribution < 1.29 is 0 Å². The molecule has 30 heavy (non-hydrogen) atoms. The van der Waals surface area contributed by atoms with Crippen LogP contribution < -0.4 is 4.90 Å². The number of rotatable bonds is 6. The zero-order chi connectivity index (χ0) is 20.9. The fourth-order valence-electron chi connectivity index (χ4n) is 3.87. The van der Waals surface area contributed by atoms with Gasteiger partial charge in [-0.1, -0.05) is 86.1 Å². The van der Waals surface area contributed by atoms with E-state index >= 15 is 0 Å². The minimum Gasteiger partial charge on any atom is -0.311 e. The molecule has 0 amide bonds. The molecular formula is C29H29N. The molecule has 4 aromatic rings. The molecule has 0 aliphatic rings. The first-order valence-electron chi connectivity index (χ1n) is 10.8. The summed E-state index contributed by atoms with van der Waals surface area (Å²) in [4.78, 5) is 2.33. The molecule has 0 N–H and O–H groups in total. The van der Waals surface area contributed by atoms with Gasteiger partial charge in [0.1, 0.15) is 0 Å². The molecule has 0 fully saturated rings. The summed E-state index contributed by atoms with van der Waals surface area (Å²) in [6.45, 7) is 6.59. The Bertz CT molecular complexity index is 1060. The van der Waals surface area contributed by atoms with E-state index in [9.17, 15) is 0 Å². The second-order valence-electron chi connectivity index (χ2n) is 7.91. The van der Waals surface area contributed by atoms with Gasteiger partial charge in [0.2, 0.25) is 0 Å². The average molecular weight is 392 g/mol. The maximum Gasteiger partial charge on any atom is 0.0461 e. The summed E-state index contributed by atoms with van der Waals surface area (Å²) in [5.41, 5.74) is 8.83. The van der Waals surface area contributed by atoms with Gasteiger partial charge in [-0.05, 0) is 66.4 Å². The van der Waals surface area contributed by atoms with Crippen LogP contribution in [0.3, 0.4) is 0 Å². The van der Waals surface area contributed by atoms with Gasteiger partial charge >= 0.3 is 0 Å². The molecule has 4 aromatic carbocycles. The minimum absolute atomic E-state index is 0.372. The van der Waals surface area contributed by atoms with Crippen LogP contribution in [0.4, 0.5) is 17.1 Å². The molecule has 0 aliphatic heterocycles. The lowest BCUT2D eigenvalue weighted by Gasteiger charge is -2.26. The van der Waals surface area contributed by atoms with E-state index in [1.54, 1.807) is 0 Å². The van der Waals surface area contributed by atoms with Gasteiger partial charge in [0.15, 0.2) is 0 Å². The van der Waals surface area contributed by atoms with Crippen LogP contribution >= 0.6 is 0 Å². The van der Waals surface area contributed by atoms with Gasteiger partial charge in [-0.2, -0.15) is 0 Å². The molecule has 4 rings (SSSR count). The van der Waals surface area contributed by atoms with Crippen molar-refractivity contribution in [2.24, 2.45) is 0 Å².